The van der Waals surface area contributed by atoms with Gasteiger partial charge in [-0.1, -0.05) is 11.3 Å². The molecule has 0 bridgehead atoms. The number of hydrogen-bond acceptors (Lipinski definition) is 9. The fourth-order valence-corrected chi connectivity index (χ4v) is 4.80. The van der Waals surface area contributed by atoms with E-state index in [0.29, 0.717) is 11.6 Å². The van der Waals surface area contributed by atoms with E-state index in [1.54, 1.807) is 24.3 Å². The monoisotopic (exact) mass is 446 g/mol. The maximum Gasteiger partial charge on any atom is 0.229 e. The molecule has 2 heterocycles. The van der Waals surface area contributed by atoms with Crippen LogP contribution in [0.5, 0.6) is 0 Å². The Balaban J connectivity index is 1.55. The minimum atomic E-state index is -3.31. The molecule has 9 nitrogen and oxygen atoms in total. The van der Waals surface area contributed by atoms with Crippen molar-refractivity contribution in [3.63, 3.8) is 0 Å². The lowest BCUT2D eigenvalue weighted by molar-refractivity contribution is 0.281. The molecular formula is C19H22N6O3S2. The maximum absolute atomic E-state index is 11.3. The van der Waals surface area contributed by atoms with Gasteiger partial charge in [0.2, 0.25) is 16.0 Å². The molecule has 4 N–H and O–H groups in total. The second-order valence-corrected chi connectivity index (χ2v) is 9.91. The summed E-state index contributed by atoms with van der Waals surface area (Å²) in [5, 5.41) is 16.4. The van der Waals surface area contributed by atoms with Crippen LogP contribution in [0.4, 0.5) is 22.5 Å². The molecular weight excluding hydrogens is 424 g/mol. The molecule has 1 aliphatic carbocycles. The maximum atomic E-state index is 11.3. The van der Waals surface area contributed by atoms with E-state index in [-0.39, 0.29) is 12.6 Å². The number of benzene rings is 1. The third-order valence-electron chi connectivity index (χ3n) is 4.50. The largest absolute Gasteiger partial charge is 0.394 e. The molecule has 4 rings (SSSR count). The first-order valence-electron chi connectivity index (χ1n) is 9.39. The first-order valence-corrected chi connectivity index (χ1v) is 12.1. The number of aromatic nitrogens is 3. The molecule has 0 amide bonds. The number of nitrogens with zero attached hydrogens (tertiary/aromatic N) is 3. The van der Waals surface area contributed by atoms with Gasteiger partial charge in [0.15, 0.2) is 5.13 Å². The fourth-order valence-electron chi connectivity index (χ4n) is 3.09. The van der Waals surface area contributed by atoms with Gasteiger partial charge in [-0.05, 0) is 49.6 Å². The molecule has 0 saturated heterocycles. The van der Waals surface area contributed by atoms with Crippen LogP contribution in [0.3, 0.4) is 0 Å². The van der Waals surface area contributed by atoms with Crippen molar-refractivity contribution < 1.29 is 13.5 Å². The van der Waals surface area contributed by atoms with Crippen LogP contribution < -0.4 is 15.4 Å². The van der Waals surface area contributed by atoms with E-state index in [2.05, 4.69) is 25.3 Å². The summed E-state index contributed by atoms with van der Waals surface area (Å²) in [6.45, 7) is 1.94. The van der Waals surface area contributed by atoms with E-state index in [1.165, 1.54) is 11.3 Å². The van der Waals surface area contributed by atoms with Crippen LogP contribution in [0, 0.1) is 0 Å². The fraction of sp³-hybridized carbons (Fsp3) is 0.316. The Hall–Kier alpha value is -2.76. The van der Waals surface area contributed by atoms with Crippen molar-refractivity contribution in [2.75, 3.05) is 28.2 Å². The molecule has 0 fully saturated rings. The Morgan fingerprint density at radius 3 is 2.60 bits per heavy atom. The summed E-state index contributed by atoms with van der Waals surface area (Å²) in [6, 6.07) is 6.78. The number of sulfonamides is 1. The Morgan fingerprint density at radius 2 is 1.90 bits per heavy atom. The minimum Gasteiger partial charge on any atom is -0.394 e. The van der Waals surface area contributed by atoms with Crippen molar-refractivity contribution in [3.05, 3.63) is 41.7 Å². The van der Waals surface area contributed by atoms with Gasteiger partial charge in [0, 0.05) is 23.6 Å². The molecule has 0 radical (unpaired) electrons. The summed E-state index contributed by atoms with van der Waals surface area (Å²) in [5.74, 6) is 0.456. The van der Waals surface area contributed by atoms with Gasteiger partial charge in [0.25, 0.3) is 0 Å². The van der Waals surface area contributed by atoms with Gasteiger partial charge in [-0.3, -0.25) is 4.72 Å². The number of nitrogens with one attached hydrogen (secondary N) is 3. The highest BCUT2D eigenvalue weighted by molar-refractivity contribution is 7.92. The summed E-state index contributed by atoms with van der Waals surface area (Å²) in [6.07, 6.45) is 4.60. The second kappa shape index (κ2) is 8.17. The normalized spacial score (nSPS) is 13.8. The van der Waals surface area contributed by atoms with E-state index in [9.17, 15) is 13.5 Å². The van der Waals surface area contributed by atoms with Crippen molar-refractivity contribution >= 4 is 43.8 Å². The van der Waals surface area contributed by atoms with Crippen LogP contribution in [-0.4, -0.2) is 47.4 Å². The Morgan fingerprint density at radius 1 is 1.17 bits per heavy atom. The molecule has 1 aliphatic rings. The lowest BCUT2D eigenvalue weighted by Crippen LogP contribution is -2.19. The van der Waals surface area contributed by atoms with Crippen molar-refractivity contribution in [2.24, 2.45) is 0 Å². The van der Waals surface area contributed by atoms with E-state index in [4.69, 9.17) is 4.98 Å². The number of thiazole rings is 1. The zero-order valence-corrected chi connectivity index (χ0v) is 18.1. The topological polar surface area (TPSA) is 129 Å². The van der Waals surface area contributed by atoms with Crippen LogP contribution >= 0.6 is 11.3 Å². The van der Waals surface area contributed by atoms with E-state index in [0.717, 1.165) is 51.7 Å². The summed E-state index contributed by atoms with van der Waals surface area (Å²) in [7, 11) is -3.31. The van der Waals surface area contributed by atoms with Crippen LogP contribution in [0.25, 0.3) is 10.6 Å². The first-order chi connectivity index (χ1) is 14.3. The van der Waals surface area contributed by atoms with Gasteiger partial charge in [-0.15, -0.1) is 0 Å². The lowest BCUT2D eigenvalue weighted by atomic mass is 10.00. The molecule has 1 unspecified atom stereocenters. The SMILES string of the molecule is CC(CO)Nc1nc2c(s1)-c1nc(Nc3ccc(NS(C)(=O)=O)cc3)ncc1CC2. The highest BCUT2D eigenvalue weighted by Crippen LogP contribution is 2.38. The third-order valence-corrected chi connectivity index (χ3v) is 6.14. The van der Waals surface area contributed by atoms with Crippen LogP contribution in [0.1, 0.15) is 18.2 Å². The average molecular weight is 447 g/mol. The summed E-state index contributed by atoms with van der Waals surface area (Å²) in [5.41, 5.74) is 4.17. The summed E-state index contributed by atoms with van der Waals surface area (Å²) < 4.78 is 25.1. The van der Waals surface area contributed by atoms with Gasteiger partial charge < -0.3 is 15.7 Å². The van der Waals surface area contributed by atoms with E-state index >= 15 is 0 Å². The number of aryl methyl sites for hydroxylation is 2. The molecule has 158 valence electrons. The molecule has 11 heteroatoms. The quantitative estimate of drug-likeness (QED) is 0.436. The standard InChI is InChI=1S/C19H22N6O3S2/c1-11(10-26)21-19-23-15-8-3-12-9-20-18(24-16(12)17(15)29-19)22-13-4-6-14(7-5-13)25-30(2,27)28/h4-7,9,11,25-26H,3,8,10H2,1-2H3,(H,21,23)(H,20,22,24). The molecule has 2 aromatic heterocycles. The number of aliphatic hydroxyl groups is 1. The second-order valence-electron chi connectivity index (χ2n) is 7.17. The van der Waals surface area contributed by atoms with Gasteiger partial charge in [0.1, 0.15) is 0 Å². The molecule has 1 atom stereocenters. The zero-order chi connectivity index (χ0) is 21.3. The smallest absolute Gasteiger partial charge is 0.229 e. The van der Waals surface area contributed by atoms with Crippen LogP contribution in [0.15, 0.2) is 30.5 Å². The Kier molecular flexibility index (Phi) is 5.58. The van der Waals surface area contributed by atoms with Gasteiger partial charge in [-0.2, -0.15) is 0 Å². The van der Waals surface area contributed by atoms with Crippen LogP contribution in [0.2, 0.25) is 0 Å². The number of anilines is 4. The predicted octanol–water partition coefficient (Wildman–Crippen LogP) is 2.61. The van der Waals surface area contributed by atoms with Gasteiger partial charge in [-0.25, -0.2) is 23.4 Å². The predicted molar refractivity (Wildman–Crippen MR) is 119 cm³/mol. The Labute approximate surface area is 178 Å². The summed E-state index contributed by atoms with van der Waals surface area (Å²) in [4.78, 5) is 14.8. The number of fused-ring (bicyclic) bond motifs is 3. The lowest BCUT2D eigenvalue weighted by Gasteiger charge is -2.15. The molecule has 0 spiro atoms. The Bertz CT molecular complexity index is 1160. The van der Waals surface area contributed by atoms with Crippen molar-refractivity contribution in [1.29, 1.82) is 0 Å². The minimum absolute atomic E-state index is 0.0373. The van der Waals surface area contributed by atoms with Crippen LogP contribution in [-0.2, 0) is 22.9 Å². The van der Waals surface area contributed by atoms with Crippen molar-refractivity contribution in [1.82, 2.24) is 15.0 Å². The molecule has 3 aromatic rings. The molecule has 30 heavy (non-hydrogen) atoms. The number of hydrogen-bond donors (Lipinski definition) is 4. The zero-order valence-electron chi connectivity index (χ0n) is 16.5. The third kappa shape index (κ3) is 4.69. The summed E-state index contributed by atoms with van der Waals surface area (Å²) >= 11 is 1.53. The van der Waals surface area contributed by atoms with E-state index in [1.807, 2.05) is 13.1 Å². The number of rotatable bonds is 7. The van der Waals surface area contributed by atoms with Gasteiger partial charge in [0.05, 0.1) is 29.1 Å². The first kappa shape index (κ1) is 20.5. The van der Waals surface area contributed by atoms with Crippen molar-refractivity contribution in [2.45, 2.75) is 25.8 Å². The van der Waals surface area contributed by atoms with Crippen molar-refractivity contribution in [3.8, 4) is 10.6 Å². The number of aliphatic hydroxyl groups excluding tert-OH is 1. The molecule has 1 aromatic carbocycles. The van der Waals surface area contributed by atoms with Gasteiger partial charge >= 0.3 is 0 Å². The average Bonchev–Trinajstić information content (AvgIpc) is 3.11. The molecule has 0 aliphatic heterocycles. The van der Waals surface area contributed by atoms with E-state index < -0.39 is 10.0 Å². The molecule has 0 saturated carbocycles. The highest BCUT2D eigenvalue weighted by atomic mass is 32.2. The highest BCUT2D eigenvalue weighted by Gasteiger charge is 2.23.